The van der Waals surface area contributed by atoms with E-state index >= 15 is 0 Å². The van der Waals surface area contributed by atoms with Crippen molar-refractivity contribution < 1.29 is 9.53 Å². The van der Waals surface area contributed by atoms with E-state index in [-0.39, 0.29) is 5.97 Å². The van der Waals surface area contributed by atoms with Crippen LogP contribution in [0.25, 0.3) is 0 Å². The molecule has 96 valence electrons. The lowest BCUT2D eigenvalue weighted by Gasteiger charge is -2.09. The topological polar surface area (TPSA) is 26.3 Å². The maximum Gasteiger partial charge on any atom is 0.306 e. The van der Waals surface area contributed by atoms with Crippen LogP contribution in [-0.4, -0.2) is 24.1 Å². The Hall–Kier alpha value is -0.180. The zero-order valence-corrected chi connectivity index (χ0v) is 11.8. The minimum Gasteiger partial charge on any atom is -0.469 e. The molecule has 0 aliphatic rings. The molecule has 2 nitrogen and oxygen atoms in total. The fourth-order valence-electron chi connectivity index (χ4n) is 1.54. The third-order valence-corrected chi connectivity index (χ3v) is 3.84. The smallest absolute Gasteiger partial charge is 0.306 e. The second kappa shape index (κ2) is 11.3. The number of hydrogen-bond donors (Lipinski definition) is 0. The van der Waals surface area contributed by atoms with E-state index in [0.717, 1.165) is 0 Å². The summed E-state index contributed by atoms with van der Waals surface area (Å²) in [5.74, 6) is 1.08. The third-order valence-electron chi connectivity index (χ3n) is 2.58. The molecule has 0 spiro atoms. The minimum atomic E-state index is -0.0945. The number of ether oxygens (including phenoxy) is 1. The zero-order valence-electron chi connectivity index (χ0n) is 11.0. The van der Waals surface area contributed by atoms with Crippen molar-refractivity contribution in [1.82, 2.24) is 0 Å². The maximum absolute atomic E-state index is 11.0. The summed E-state index contributed by atoms with van der Waals surface area (Å²) in [4.78, 5) is 11.0. The van der Waals surface area contributed by atoms with Gasteiger partial charge in [0.2, 0.25) is 0 Å². The van der Waals surface area contributed by atoms with Gasteiger partial charge in [-0.1, -0.05) is 46.0 Å². The van der Waals surface area contributed by atoms with Crippen molar-refractivity contribution in [3.8, 4) is 0 Å². The van der Waals surface area contributed by atoms with E-state index in [1.807, 2.05) is 11.8 Å². The van der Waals surface area contributed by atoms with Crippen molar-refractivity contribution in [3.05, 3.63) is 0 Å². The molecule has 0 aromatic heterocycles. The predicted octanol–water partition coefficient (Wildman–Crippen LogP) is 4.03. The first-order valence-electron chi connectivity index (χ1n) is 6.39. The number of carbonyl (C=O) groups is 1. The van der Waals surface area contributed by atoms with Crippen LogP contribution in [0.3, 0.4) is 0 Å². The molecule has 1 atom stereocenters. The second-order valence-corrected chi connectivity index (χ2v) is 5.78. The van der Waals surface area contributed by atoms with E-state index in [9.17, 15) is 4.79 Å². The van der Waals surface area contributed by atoms with Gasteiger partial charge < -0.3 is 4.74 Å². The normalized spacial score (nSPS) is 12.4. The summed E-state index contributed by atoms with van der Waals surface area (Å²) in [6.07, 6.45) is 8.56. The summed E-state index contributed by atoms with van der Waals surface area (Å²) in [5.41, 5.74) is 0. The second-order valence-electron chi connectivity index (χ2n) is 4.23. The predicted molar refractivity (Wildman–Crippen MR) is 71.9 cm³/mol. The molecule has 16 heavy (non-hydrogen) atoms. The molecule has 0 saturated carbocycles. The maximum atomic E-state index is 11.0. The van der Waals surface area contributed by atoms with Crippen LogP contribution < -0.4 is 0 Å². The molecule has 0 fully saturated rings. The minimum absolute atomic E-state index is 0.0945. The van der Waals surface area contributed by atoms with Crippen LogP contribution >= 0.6 is 11.8 Å². The molecule has 0 aliphatic heterocycles. The van der Waals surface area contributed by atoms with E-state index in [1.54, 1.807) is 0 Å². The number of hydrogen-bond acceptors (Lipinski definition) is 3. The highest BCUT2D eigenvalue weighted by Gasteiger charge is 2.08. The number of thioether (sulfide) groups is 1. The number of esters is 1. The number of carbonyl (C=O) groups excluding carboxylic acids is 1. The first-order chi connectivity index (χ1) is 7.70. The van der Waals surface area contributed by atoms with Crippen LogP contribution in [-0.2, 0) is 9.53 Å². The van der Waals surface area contributed by atoms with Gasteiger partial charge in [0.05, 0.1) is 13.5 Å². The van der Waals surface area contributed by atoms with E-state index < -0.39 is 0 Å². The van der Waals surface area contributed by atoms with Crippen molar-refractivity contribution in [1.29, 1.82) is 0 Å². The van der Waals surface area contributed by atoms with Crippen LogP contribution in [0.1, 0.15) is 58.8 Å². The number of rotatable bonds is 10. The molecule has 0 heterocycles. The van der Waals surface area contributed by atoms with Crippen LogP contribution in [0.15, 0.2) is 0 Å². The van der Waals surface area contributed by atoms with Gasteiger partial charge in [0.1, 0.15) is 0 Å². The lowest BCUT2D eigenvalue weighted by Crippen LogP contribution is -2.09. The van der Waals surface area contributed by atoms with Crippen molar-refractivity contribution in [3.63, 3.8) is 0 Å². The standard InChI is InChI=1S/C13H26O2S/c1-4-5-6-7-8-9-10-16-12(2)11-13(14)15-3/h12H,4-11H2,1-3H3. The molecule has 0 aromatic rings. The van der Waals surface area contributed by atoms with Gasteiger partial charge in [-0.05, 0) is 12.2 Å². The Balaban J connectivity index is 3.21. The zero-order chi connectivity index (χ0) is 12.2. The van der Waals surface area contributed by atoms with E-state index in [1.165, 1.54) is 51.4 Å². The van der Waals surface area contributed by atoms with E-state index in [0.29, 0.717) is 11.7 Å². The van der Waals surface area contributed by atoms with Crippen molar-refractivity contribution in [2.24, 2.45) is 0 Å². The molecule has 0 aliphatic carbocycles. The number of methoxy groups -OCH3 is 1. The van der Waals surface area contributed by atoms with Crippen molar-refractivity contribution >= 4 is 17.7 Å². The van der Waals surface area contributed by atoms with Gasteiger partial charge in [-0.2, -0.15) is 11.8 Å². The van der Waals surface area contributed by atoms with Crippen LogP contribution in [0, 0.1) is 0 Å². The van der Waals surface area contributed by atoms with Crippen LogP contribution in [0.4, 0.5) is 0 Å². The Morgan fingerprint density at radius 1 is 1.19 bits per heavy atom. The molecule has 1 unspecified atom stereocenters. The Morgan fingerprint density at radius 2 is 1.81 bits per heavy atom. The van der Waals surface area contributed by atoms with Crippen LogP contribution in [0.5, 0.6) is 0 Å². The van der Waals surface area contributed by atoms with Gasteiger partial charge in [-0.15, -0.1) is 0 Å². The van der Waals surface area contributed by atoms with Gasteiger partial charge in [0.15, 0.2) is 0 Å². The average Bonchev–Trinajstić information content (AvgIpc) is 2.27. The van der Waals surface area contributed by atoms with Gasteiger partial charge in [0, 0.05) is 5.25 Å². The first kappa shape index (κ1) is 15.8. The Morgan fingerprint density at radius 3 is 2.44 bits per heavy atom. The highest BCUT2D eigenvalue weighted by Crippen LogP contribution is 2.17. The lowest BCUT2D eigenvalue weighted by molar-refractivity contribution is -0.140. The fraction of sp³-hybridized carbons (Fsp3) is 0.923. The Kier molecular flexibility index (Phi) is 11.2. The van der Waals surface area contributed by atoms with E-state index in [2.05, 4.69) is 18.6 Å². The van der Waals surface area contributed by atoms with Gasteiger partial charge in [-0.3, -0.25) is 4.79 Å². The summed E-state index contributed by atoms with van der Waals surface area (Å²) in [5, 5.41) is 0.392. The molecule has 3 heteroatoms. The molecule has 0 bridgehead atoms. The highest BCUT2D eigenvalue weighted by atomic mass is 32.2. The summed E-state index contributed by atoms with van der Waals surface area (Å²) in [6.45, 7) is 4.34. The van der Waals surface area contributed by atoms with Crippen molar-refractivity contribution in [2.45, 2.75) is 64.0 Å². The SMILES string of the molecule is CCCCCCCCSC(C)CC(=O)OC. The van der Waals surface area contributed by atoms with E-state index in [4.69, 9.17) is 0 Å². The molecule has 0 N–H and O–H groups in total. The van der Waals surface area contributed by atoms with Crippen LogP contribution in [0.2, 0.25) is 0 Å². The summed E-state index contributed by atoms with van der Waals surface area (Å²) >= 11 is 1.88. The largest absolute Gasteiger partial charge is 0.469 e. The third kappa shape index (κ3) is 10.3. The average molecular weight is 246 g/mol. The summed E-state index contributed by atoms with van der Waals surface area (Å²) in [7, 11) is 1.45. The van der Waals surface area contributed by atoms with Gasteiger partial charge in [-0.25, -0.2) is 0 Å². The highest BCUT2D eigenvalue weighted by molar-refractivity contribution is 7.99. The molecule has 0 radical (unpaired) electrons. The summed E-state index contributed by atoms with van der Waals surface area (Å²) < 4.78 is 4.64. The molecule has 0 rings (SSSR count). The molecule has 0 aromatic carbocycles. The monoisotopic (exact) mass is 246 g/mol. The first-order valence-corrected chi connectivity index (χ1v) is 7.44. The molecular formula is C13H26O2S. The van der Waals surface area contributed by atoms with Crippen molar-refractivity contribution in [2.75, 3.05) is 12.9 Å². The lowest BCUT2D eigenvalue weighted by atomic mass is 10.1. The van der Waals surface area contributed by atoms with Gasteiger partial charge in [0.25, 0.3) is 0 Å². The Bertz CT molecular complexity index is 171. The Labute approximate surface area is 105 Å². The molecular weight excluding hydrogens is 220 g/mol. The number of unbranched alkanes of at least 4 members (excludes halogenated alkanes) is 5. The van der Waals surface area contributed by atoms with Gasteiger partial charge >= 0.3 is 5.97 Å². The molecule has 0 amide bonds. The quantitative estimate of drug-likeness (QED) is 0.430. The fourth-order valence-corrected chi connectivity index (χ4v) is 2.57. The summed E-state index contributed by atoms with van der Waals surface area (Å²) in [6, 6.07) is 0. The molecule has 0 saturated heterocycles.